The summed E-state index contributed by atoms with van der Waals surface area (Å²) in [5.74, 6) is -1.30. The van der Waals surface area contributed by atoms with E-state index in [0.717, 1.165) is 28.1 Å². The van der Waals surface area contributed by atoms with Gasteiger partial charge in [0.25, 0.3) is 10.0 Å². The molecule has 0 fully saturated rings. The average Bonchev–Trinajstić information content (AvgIpc) is 2.58. The van der Waals surface area contributed by atoms with E-state index in [0.29, 0.717) is 17.5 Å². The van der Waals surface area contributed by atoms with Gasteiger partial charge in [-0.15, -0.1) is 3.71 Å². The van der Waals surface area contributed by atoms with Crippen molar-refractivity contribution in [3.05, 3.63) is 53.2 Å². The largest absolute Gasteiger partial charge is 0.478 e. The topological polar surface area (TPSA) is 87.6 Å². The second kappa shape index (κ2) is 7.87. The van der Waals surface area contributed by atoms with Crippen LogP contribution in [0, 0.1) is 6.92 Å². The van der Waals surface area contributed by atoms with E-state index < -0.39 is 32.8 Å². The summed E-state index contributed by atoms with van der Waals surface area (Å²) < 4.78 is 65.7. The van der Waals surface area contributed by atoms with Crippen LogP contribution < -0.4 is 0 Å². The number of sulfonamides is 1. The number of rotatable bonds is 6. The highest BCUT2D eigenvalue weighted by atomic mass is 32.3. The van der Waals surface area contributed by atoms with Gasteiger partial charge < -0.3 is 5.11 Å². The lowest BCUT2D eigenvalue weighted by atomic mass is 10.1. The number of benzene rings is 1. The number of hydrogen-bond acceptors (Lipinski definition) is 5. The molecule has 11 heteroatoms. The first kappa shape index (κ1) is 21.2. The molecule has 1 N–H and O–H groups in total. The lowest BCUT2D eigenvalue weighted by Gasteiger charge is -2.21. The minimum atomic E-state index is -4.69. The molecule has 0 atom stereocenters. The van der Waals surface area contributed by atoms with Gasteiger partial charge in [0, 0.05) is 12.7 Å². The van der Waals surface area contributed by atoms with Crippen LogP contribution in [0.3, 0.4) is 0 Å². The van der Waals surface area contributed by atoms with E-state index in [2.05, 4.69) is 4.98 Å². The van der Waals surface area contributed by atoms with Crippen LogP contribution in [0.15, 0.2) is 46.5 Å². The Labute approximate surface area is 158 Å². The molecular weight excluding hydrogens is 405 g/mol. The second-order valence-corrected chi connectivity index (χ2v) is 8.45. The number of aryl methyl sites for hydroxylation is 1. The quantitative estimate of drug-likeness (QED) is 0.715. The number of pyridine rings is 1. The van der Waals surface area contributed by atoms with Crippen molar-refractivity contribution in [3.8, 4) is 0 Å². The first-order valence-corrected chi connectivity index (χ1v) is 9.76. The highest BCUT2D eigenvalue weighted by molar-refractivity contribution is 8.08. The van der Waals surface area contributed by atoms with Crippen LogP contribution in [0.5, 0.6) is 0 Å². The van der Waals surface area contributed by atoms with Crippen LogP contribution in [0.1, 0.15) is 28.4 Å². The van der Waals surface area contributed by atoms with Crippen LogP contribution in [0.2, 0.25) is 0 Å². The highest BCUT2D eigenvalue weighted by Gasteiger charge is 2.36. The molecule has 0 aliphatic rings. The molecule has 0 unspecified atom stereocenters. The summed E-state index contributed by atoms with van der Waals surface area (Å²) in [6.45, 7) is 2.81. The fourth-order valence-electron chi connectivity index (χ4n) is 2.17. The van der Waals surface area contributed by atoms with Crippen LogP contribution in [-0.2, 0) is 16.2 Å². The number of alkyl halides is 3. The Morgan fingerprint density at radius 1 is 1.30 bits per heavy atom. The molecule has 146 valence electrons. The third-order valence-electron chi connectivity index (χ3n) is 3.53. The normalized spacial score (nSPS) is 12.4. The van der Waals surface area contributed by atoms with Gasteiger partial charge >= 0.3 is 12.1 Å². The minimum Gasteiger partial charge on any atom is -0.478 e. The van der Waals surface area contributed by atoms with E-state index in [9.17, 15) is 26.4 Å². The molecule has 0 radical (unpaired) electrons. The summed E-state index contributed by atoms with van der Waals surface area (Å²) in [5, 5.41) is 8.65. The Kier molecular flexibility index (Phi) is 6.17. The number of aromatic nitrogens is 1. The van der Waals surface area contributed by atoms with Crippen LogP contribution in [-0.4, -0.2) is 34.7 Å². The Morgan fingerprint density at radius 2 is 1.96 bits per heavy atom. The third-order valence-corrected chi connectivity index (χ3v) is 6.94. The van der Waals surface area contributed by atoms with E-state index in [-0.39, 0.29) is 17.0 Å². The summed E-state index contributed by atoms with van der Waals surface area (Å²) in [6, 6.07) is 5.44. The fraction of sp³-hybridized carbons (Fsp3) is 0.250. The summed E-state index contributed by atoms with van der Waals surface area (Å²) in [5.41, 5.74) is -0.897. The van der Waals surface area contributed by atoms with Crippen molar-refractivity contribution >= 4 is 27.9 Å². The van der Waals surface area contributed by atoms with Crippen molar-refractivity contribution in [1.82, 2.24) is 8.69 Å². The fourth-order valence-corrected chi connectivity index (χ4v) is 4.83. The molecule has 0 spiro atoms. The van der Waals surface area contributed by atoms with Gasteiger partial charge in [0.1, 0.15) is 5.03 Å². The lowest BCUT2D eigenvalue weighted by Crippen LogP contribution is -2.25. The summed E-state index contributed by atoms with van der Waals surface area (Å²) >= 11 is 0.329. The maximum atomic E-state index is 13.1. The summed E-state index contributed by atoms with van der Waals surface area (Å²) in [6.07, 6.45) is -3.56. The van der Waals surface area contributed by atoms with Crippen molar-refractivity contribution < 1.29 is 31.5 Å². The van der Waals surface area contributed by atoms with E-state index in [1.165, 1.54) is 26.0 Å². The van der Waals surface area contributed by atoms with E-state index in [1.54, 1.807) is 0 Å². The Balaban J connectivity index is 2.46. The van der Waals surface area contributed by atoms with Gasteiger partial charge in [-0.3, -0.25) is 0 Å². The lowest BCUT2D eigenvalue weighted by molar-refractivity contribution is -0.140. The number of carbonyl (C=O) groups is 1. The predicted molar refractivity (Wildman–Crippen MR) is 92.8 cm³/mol. The zero-order valence-electron chi connectivity index (χ0n) is 14.2. The summed E-state index contributed by atoms with van der Waals surface area (Å²) in [4.78, 5) is 14.6. The van der Waals surface area contributed by atoms with Crippen molar-refractivity contribution in [2.45, 2.75) is 29.9 Å². The molecule has 1 aromatic carbocycles. The Bertz CT molecular complexity index is 962. The molecule has 6 nitrogen and oxygen atoms in total. The minimum absolute atomic E-state index is 0.156. The molecule has 0 aliphatic heterocycles. The first-order chi connectivity index (χ1) is 12.5. The number of halogens is 3. The van der Waals surface area contributed by atoms with Crippen molar-refractivity contribution in [2.75, 3.05) is 6.54 Å². The van der Waals surface area contributed by atoms with Gasteiger partial charge in [0.05, 0.1) is 16.0 Å². The third kappa shape index (κ3) is 4.60. The van der Waals surface area contributed by atoms with Crippen molar-refractivity contribution in [2.24, 2.45) is 0 Å². The van der Waals surface area contributed by atoms with Gasteiger partial charge in [0.2, 0.25) is 0 Å². The van der Waals surface area contributed by atoms with Gasteiger partial charge in [-0.1, -0.05) is 13.0 Å². The van der Waals surface area contributed by atoms with E-state index in [4.69, 9.17) is 5.11 Å². The van der Waals surface area contributed by atoms with Gasteiger partial charge in [-0.25, -0.2) is 18.2 Å². The van der Waals surface area contributed by atoms with E-state index in [1.807, 2.05) is 0 Å². The average molecular weight is 420 g/mol. The summed E-state index contributed by atoms with van der Waals surface area (Å²) in [7, 11) is -4.26. The monoisotopic (exact) mass is 420 g/mol. The molecule has 1 aromatic heterocycles. The SMILES string of the molecule is CCN(Sc1ncccc1C(F)(F)F)S(=O)(=O)c1ccc(C)c(C(=O)O)c1. The zero-order valence-corrected chi connectivity index (χ0v) is 15.8. The Hall–Kier alpha value is -2.11. The molecule has 0 bridgehead atoms. The smallest absolute Gasteiger partial charge is 0.419 e. The molecule has 2 aromatic rings. The molecule has 0 aliphatic carbocycles. The number of nitrogens with zero attached hydrogens (tertiary/aromatic N) is 2. The number of aromatic carboxylic acids is 1. The molecule has 0 saturated carbocycles. The van der Waals surface area contributed by atoms with Crippen LogP contribution in [0.4, 0.5) is 13.2 Å². The second-order valence-electron chi connectivity index (χ2n) is 5.35. The zero-order chi connectivity index (χ0) is 20.4. The maximum absolute atomic E-state index is 13.1. The first-order valence-electron chi connectivity index (χ1n) is 7.55. The molecular formula is C16H15F3N2O4S2. The molecule has 1 heterocycles. The molecule has 2 rings (SSSR count). The van der Waals surface area contributed by atoms with Crippen LogP contribution >= 0.6 is 11.9 Å². The predicted octanol–water partition coefficient (Wildman–Crippen LogP) is 3.82. The number of carboxylic acid groups (broad SMARTS) is 1. The van der Waals surface area contributed by atoms with Crippen molar-refractivity contribution in [1.29, 1.82) is 0 Å². The molecule has 0 amide bonds. The Morgan fingerprint density at radius 3 is 2.52 bits per heavy atom. The van der Waals surface area contributed by atoms with Gasteiger partial charge in [0.15, 0.2) is 0 Å². The molecule has 27 heavy (non-hydrogen) atoms. The number of carboxylic acids is 1. The highest BCUT2D eigenvalue weighted by Crippen LogP contribution is 2.38. The maximum Gasteiger partial charge on any atom is 0.419 e. The molecule has 0 saturated heterocycles. The number of hydrogen-bond donors (Lipinski definition) is 1. The van der Waals surface area contributed by atoms with Gasteiger partial charge in [-0.05, 0) is 48.7 Å². The van der Waals surface area contributed by atoms with Gasteiger partial charge in [-0.2, -0.15) is 13.2 Å². The van der Waals surface area contributed by atoms with E-state index >= 15 is 0 Å². The standard InChI is InChI=1S/C16H15F3N2O4S2/c1-3-21(26-14-13(16(17,18)19)5-4-8-20-14)27(24,25)11-7-6-10(2)12(9-11)15(22)23/h4-9H,3H2,1-2H3,(H,22,23). The van der Waals surface area contributed by atoms with Crippen molar-refractivity contribution in [3.63, 3.8) is 0 Å². The van der Waals surface area contributed by atoms with Crippen LogP contribution in [0.25, 0.3) is 0 Å².